The van der Waals surface area contributed by atoms with Gasteiger partial charge in [-0.2, -0.15) is 0 Å². The van der Waals surface area contributed by atoms with Crippen molar-refractivity contribution in [1.82, 2.24) is 14.8 Å². The molecule has 0 aliphatic heterocycles. The third kappa shape index (κ3) is 6.68. The molecule has 0 spiro atoms. The van der Waals surface area contributed by atoms with Crippen LogP contribution in [0.1, 0.15) is 5.82 Å². The van der Waals surface area contributed by atoms with E-state index in [1.807, 2.05) is 24.3 Å². The van der Waals surface area contributed by atoms with Gasteiger partial charge in [0.15, 0.2) is 5.16 Å². The van der Waals surface area contributed by atoms with Crippen molar-refractivity contribution >= 4 is 62.5 Å². The van der Waals surface area contributed by atoms with E-state index < -0.39 is 0 Å². The highest BCUT2D eigenvalue weighted by Crippen LogP contribution is 2.22. The van der Waals surface area contributed by atoms with Crippen LogP contribution in [0.3, 0.4) is 0 Å². The Morgan fingerprint density at radius 2 is 1.84 bits per heavy atom. The fourth-order valence-corrected chi connectivity index (χ4v) is 3.84. The molecule has 3 rings (SSSR count). The summed E-state index contributed by atoms with van der Waals surface area (Å²) in [4.78, 5) is 24.7. The first-order chi connectivity index (χ1) is 15.0. The number of para-hydroxylation sites is 1. The van der Waals surface area contributed by atoms with E-state index in [1.54, 1.807) is 34.9 Å². The maximum atomic E-state index is 12.4. The minimum absolute atomic E-state index is 0.0116. The van der Waals surface area contributed by atoms with E-state index in [0.29, 0.717) is 33.9 Å². The zero-order chi connectivity index (χ0) is 22.2. The maximum absolute atomic E-state index is 12.4. The Balaban J connectivity index is 1.62. The summed E-state index contributed by atoms with van der Waals surface area (Å²) in [6.45, 7) is 4.16. The number of benzene rings is 2. The first-order valence-electron chi connectivity index (χ1n) is 9.22. The van der Waals surface area contributed by atoms with Crippen LogP contribution in [0.25, 0.3) is 0 Å². The summed E-state index contributed by atoms with van der Waals surface area (Å²) in [5, 5.41) is 14.8. The van der Waals surface area contributed by atoms with Crippen molar-refractivity contribution in [1.29, 1.82) is 0 Å². The van der Waals surface area contributed by atoms with Crippen LogP contribution in [0.5, 0.6) is 0 Å². The van der Waals surface area contributed by atoms with Crippen LogP contribution in [0.15, 0.2) is 70.8 Å². The Kier molecular flexibility index (Phi) is 8.27. The van der Waals surface area contributed by atoms with Crippen LogP contribution in [0.4, 0.5) is 11.4 Å². The first-order valence-corrected chi connectivity index (χ1v) is 11.4. The fraction of sp³-hybridized carbons (Fsp3) is 0.143. The van der Waals surface area contributed by atoms with Gasteiger partial charge in [0.2, 0.25) is 11.8 Å². The summed E-state index contributed by atoms with van der Waals surface area (Å²) in [7, 11) is 0. The average Bonchev–Trinajstić information content (AvgIpc) is 3.11. The molecule has 0 radical (unpaired) electrons. The lowest BCUT2D eigenvalue weighted by atomic mass is 10.3. The number of nitrogens with zero attached hydrogens (tertiary/aromatic N) is 3. The van der Waals surface area contributed by atoms with Crippen LogP contribution in [0.2, 0.25) is 5.02 Å². The van der Waals surface area contributed by atoms with E-state index in [9.17, 15) is 9.59 Å². The van der Waals surface area contributed by atoms with Crippen LogP contribution < -0.4 is 10.6 Å². The van der Waals surface area contributed by atoms with Gasteiger partial charge >= 0.3 is 0 Å². The van der Waals surface area contributed by atoms with Crippen molar-refractivity contribution in [3.05, 3.63) is 76.5 Å². The Labute approximate surface area is 197 Å². The Morgan fingerprint density at radius 1 is 1.10 bits per heavy atom. The minimum atomic E-state index is -0.268. The molecule has 3 aromatic rings. The van der Waals surface area contributed by atoms with Crippen molar-refractivity contribution in [3.8, 4) is 0 Å². The zero-order valence-electron chi connectivity index (χ0n) is 16.3. The van der Waals surface area contributed by atoms with Gasteiger partial charge in [0.1, 0.15) is 5.82 Å². The maximum Gasteiger partial charge on any atom is 0.234 e. The number of carbonyl (C=O) groups is 2. The number of thioether (sulfide) groups is 1. The summed E-state index contributed by atoms with van der Waals surface area (Å²) in [5.41, 5.74) is 1.24. The van der Waals surface area contributed by atoms with Crippen molar-refractivity contribution in [2.45, 2.75) is 18.1 Å². The largest absolute Gasteiger partial charge is 0.325 e. The van der Waals surface area contributed by atoms with Gasteiger partial charge in [-0.05, 0) is 36.4 Å². The molecule has 0 unspecified atom stereocenters. The molecule has 0 aliphatic carbocycles. The minimum Gasteiger partial charge on any atom is -0.325 e. The Hall–Kier alpha value is -2.62. The van der Waals surface area contributed by atoms with Crippen LogP contribution >= 0.6 is 39.3 Å². The second-order valence-corrected chi connectivity index (χ2v) is 8.61. The molecule has 10 heteroatoms. The molecule has 160 valence electrons. The molecule has 0 aliphatic rings. The molecule has 0 atom stereocenters. The summed E-state index contributed by atoms with van der Waals surface area (Å²) in [6.07, 6.45) is 1.70. The lowest BCUT2D eigenvalue weighted by Crippen LogP contribution is -2.18. The first kappa shape index (κ1) is 23.1. The second-order valence-electron chi connectivity index (χ2n) is 6.35. The molecule has 1 heterocycles. The number of nitrogens with one attached hydrogen (secondary N) is 2. The van der Waals surface area contributed by atoms with Gasteiger partial charge in [0.05, 0.1) is 22.9 Å². The van der Waals surface area contributed by atoms with Gasteiger partial charge in [0, 0.05) is 16.7 Å². The standard InChI is InChI=1S/C21H19BrClN5O2S/c1-2-11-28-18(12-19(29)25-17-6-4-3-5-16(17)23)26-27-21(28)31-13-20(30)24-15-9-7-14(22)8-10-15/h2-10H,1,11-13H2,(H,24,30)(H,25,29). The number of rotatable bonds is 9. The van der Waals surface area contributed by atoms with Crippen molar-refractivity contribution in [3.63, 3.8) is 0 Å². The van der Waals surface area contributed by atoms with E-state index in [0.717, 1.165) is 4.47 Å². The topological polar surface area (TPSA) is 88.9 Å². The quantitative estimate of drug-likeness (QED) is 0.313. The van der Waals surface area contributed by atoms with E-state index in [1.165, 1.54) is 11.8 Å². The molecule has 0 saturated heterocycles. The number of anilines is 2. The fourth-order valence-electron chi connectivity index (χ4n) is 2.63. The van der Waals surface area contributed by atoms with E-state index in [2.05, 4.69) is 43.3 Å². The van der Waals surface area contributed by atoms with Gasteiger partial charge < -0.3 is 15.2 Å². The monoisotopic (exact) mass is 519 g/mol. The second kappa shape index (κ2) is 11.1. The van der Waals surface area contributed by atoms with Gasteiger partial charge in [-0.25, -0.2) is 0 Å². The molecular formula is C21H19BrClN5O2S. The van der Waals surface area contributed by atoms with Crippen molar-refractivity contribution in [2.75, 3.05) is 16.4 Å². The summed E-state index contributed by atoms with van der Waals surface area (Å²) >= 11 is 10.7. The normalized spacial score (nSPS) is 10.5. The highest BCUT2D eigenvalue weighted by molar-refractivity contribution is 9.10. The predicted octanol–water partition coefficient (Wildman–Crippen LogP) is 4.79. The number of aromatic nitrogens is 3. The number of hydrogen-bond donors (Lipinski definition) is 2. The molecule has 7 nitrogen and oxygen atoms in total. The molecule has 2 amide bonds. The van der Waals surface area contributed by atoms with Gasteiger partial charge in [-0.15, -0.1) is 16.8 Å². The summed E-state index contributed by atoms with van der Waals surface area (Å²) in [5.74, 6) is 0.186. The average molecular weight is 521 g/mol. The number of carbonyl (C=O) groups excluding carboxylic acids is 2. The third-order valence-corrected chi connectivity index (χ3v) is 5.86. The molecule has 0 fully saturated rings. The number of halogens is 2. The SMILES string of the molecule is C=CCn1c(CC(=O)Nc2ccccc2Cl)nnc1SCC(=O)Nc1ccc(Br)cc1. The van der Waals surface area contributed by atoms with Gasteiger partial charge in [-0.3, -0.25) is 9.59 Å². The summed E-state index contributed by atoms with van der Waals surface area (Å²) < 4.78 is 2.69. The molecule has 2 N–H and O–H groups in total. The van der Waals surface area contributed by atoms with Crippen molar-refractivity contribution < 1.29 is 9.59 Å². The van der Waals surface area contributed by atoms with Crippen LogP contribution in [0, 0.1) is 0 Å². The Morgan fingerprint density at radius 3 is 2.55 bits per heavy atom. The lowest BCUT2D eigenvalue weighted by molar-refractivity contribution is -0.116. The third-order valence-electron chi connectivity index (χ3n) is 4.03. The lowest BCUT2D eigenvalue weighted by Gasteiger charge is -2.09. The zero-order valence-corrected chi connectivity index (χ0v) is 19.5. The Bertz CT molecular complexity index is 1090. The predicted molar refractivity (Wildman–Crippen MR) is 128 cm³/mol. The van der Waals surface area contributed by atoms with Crippen LogP contribution in [-0.2, 0) is 22.6 Å². The number of hydrogen-bond acceptors (Lipinski definition) is 5. The van der Waals surface area contributed by atoms with E-state index in [4.69, 9.17) is 11.6 Å². The molecule has 0 bridgehead atoms. The molecule has 2 aromatic carbocycles. The number of allylic oxidation sites excluding steroid dienone is 1. The van der Waals surface area contributed by atoms with E-state index in [-0.39, 0.29) is 24.0 Å². The molecule has 1 aromatic heterocycles. The molecule has 31 heavy (non-hydrogen) atoms. The molecular weight excluding hydrogens is 502 g/mol. The highest BCUT2D eigenvalue weighted by Gasteiger charge is 2.17. The number of amides is 2. The highest BCUT2D eigenvalue weighted by atomic mass is 79.9. The smallest absolute Gasteiger partial charge is 0.234 e. The van der Waals surface area contributed by atoms with Crippen molar-refractivity contribution in [2.24, 2.45) is 0 Å². The van der Waals surface area contributed by atoms with Crippen LogP contribution in [-0.4, -0.2) is 32.3 Å². The summed E-state index contributed by atoms with van der Waals surface area (Å²) in [6, 6.07) is 14.3. The van der Waals surface area contributed by atoms with Gasteiger partial charge in [-0.1, -0.05) is 57.5 Å². The van der Waals surface area contributed by atoms with Gasteiger partial charge in [0.25, 0.3) is 0 Å². The molecule has 0 saturated carbocycles. The van der Waals surface area contributed by atoms with E-state index >= 15 is 0 Å².